The minimum absolute atomic E-state index is 0.237. The molecule has 0 aliphatic heterocycles. The van der Waals surface area contributed by atoms with Crippen molar-refractivity contribution in [3.8, 4) is 0 Å². The van der Waals surface area contributed by atoms with E-state index in [1.165, 1.54) is 19.4 Å². The summed E-state index contributed by atoms with van der Waals surface area (Å²) >= 11 is 5.67. The van der Waals surface area contributed by atoms with E-state index in [2.05, 4.69) is 10.3 Å². The third-order valence-electron chi connectivity index (χ3n) is 2.11. The van der Waals surface area contributed by atoms with Gasteiger partial charge in [-0.2, -0.15) is 0 Å². The first-order valence-corrected chi connectivity index (χ1v) is 5.58. The predicted octanol–water partition coefficient (Wildman–Crippen LogP) is 0.862. The Morgan fingerprint density at radius 1 is 1.71 bits per heavy atom. The van der Waals surface area contributed by atoms with Crippen molar-refractivity contribution in [2.24, 2.45) is 0 Å². The fourth-order valence-electron chi connectivity index (χ4n) is 1.27. The molecule has 6 heteroatoms. The molecule has 0 radical (unpaired) electrons. The van der Waals surface area contributed by atoms with Crippen LogP contribution in [0.5, 0.6) is 0 Å². The highest BCUT2D eigenvalue weighted by molar-refractivity contribution is 6.29. The van der Waals surface area contributed by atoms with Crippen molar-refractivity contribution in [3.63, 3.8) is 0 Å². The molecule has 0 aliphatic carbocycles. The molecule has 5 nitrogen and oxygen atoms in total. The largest absolute Gasteiger partial charge is 0.391 e. The quantitative estimate of drug-likeness (QED) is 0.743. The van der Waals surface area contributed by atoms with E-state index in [0.29, 0.717) is 18.5 Å². The maximum atomic E-state index is 11.6. The fourth-order valence-corrected chi connectivity index (χ4v) is 1.45. The second-order valence-corrected chi connectivity index (χ2v) is 3.91. The number of aliphatic hydroxyl groups is 1. The maximum Gasteiger partial charge on any atom is 0.251 e. The van der Waals surface area contributed by atoms with E-state index < -0.39 is 6.10 Å². The summed E-state index contributed by atoms with van der Waals surface area (Å²) in [7, 11) is 1.51. The molecule has 0 aliphatic rings. The molecule has 1 amide bonds. The smallest absolute Gasteiger partial charge is 0.251 e. The number of hydrogen-bond donors (Lipinski definition) is 2. The Morgan fingerprint density at radius 2 is 2.47 bits per heavy atom. The van der Waals surface area contributed by atoms with Crippen LogP contribution >= 0.6 is 11.6 Å². The van der Waals surface area contributed by atoms with Gasteiger partial charge in [-0.25, -0.2) is 4.98 Å². The van der Waals surface area contributed by atoms with Crippen molar-refractivity contribution in [1.82, 2.24) is 10.3 Å². The highest BCUT2D eigenvalue weighted by Gasteiger charge is 2.07. The third-order valence-corrected chi connectivity index (χ3v) is 2.32. The SMILES string of the molecule is COCC(O)CCNC(=O)c1ccnc(Cl)c1. The molecule has 2 N–H and O–H groups in total. The molecular weight excluding hydrogens is 244 g/mol. The second-order valence-electron chi connectivity index (χ2n) is 3.52. The van der Waals surface area contributed by atoms with Gasteiger partial charge in [-0.3, -0.25) is 4.79 Å². The molecular formula is C11H15ClN2O3. The fraction of sp³-hybridized carbons (Fsp3) is 0.455. The number of aliphatic hydroxyl groups excluding tert-OH is 1. The van der Waals surface area contributed by atoms with Crippen LogP contribution < -0.4 is 5.32 Å². The van der Waals surface area contributed by atoms with Crippen molar-refractivity contribution in [1.29, 1.82) is 0 Å². The minimum Gasteiger partial charge on any atom is -0.391 e. The number of nitrogens with zero attached hydrogens (tertiary/aromatic N) is 1. The Kier molecular flexibility index (Phi) is 5.90. The van der Waals surface area contributed by atoms with Crippen LogP contribution in [-0.4, -0.2) is 42.4 Å². The van der Waals surface area contributed by atoms with E-state index in [1.807, 2.05) is 0 Å². The summed E-state index contributed by atoms with van der Waals surface area (Å²) in [4.78, 5) is 15.4. The Morgan fingerprint density at radius 3 is 3.12 bits per heavy atom. The van der Waals surface area contributed by atoms with Gasteiger partial charge >= 0.3 is 0 Å². The maximum absolute atomic E-state index is 11.6. The summed E-state index contributed by atoms with van der Waals surface area (Å²) in [6.45, 7) is 0.639. The second kappa shape index (κ2) is 7.21. The van der Waals surface area contributed by atoms with Crippen molar-refractivity contribution in [3.05, 3.63) is 29.0 Å². The number of methoxy groups -OCH3 is 1. The van der Waals surface area contributed by atoms with Gasteiger partial charge in [0.15, 0.2) is 0 Å². The molecule has 1 rings (SSSR count). The first kappa shape index (κ1) is 13.9. The third kappa shape index (κ3) is 5.12. The number of pyridine rings is 1. The molecule has 94 valence electrons. The number of amides is 1. The Bertz CT molecular complexity index is 373. The standard InChI is InChI=1S/C11H15ClN2O3/c1-17-7-9(15)3-5-14-11(16)8-2-4-13-10(12)6-8/h2,4,6,9,15H,3,5,7H2,1H3,(H,14,16). The van der Waals surface area contributed by atoms with Gasteiger partial charge in [0.05, 0.1) is 12.7 Å². The number of carbonyl (C=O) groups is 1. The Balaban J connectivity index is 2.35. The van der Waals surface area contributed by atoms with Gasteiger partial charge in [-0.1, -0.05) is 11.6 Å². The molecule has 17 heavy (non-hydrogen) atoms. The first-order valence-electron chi connectivity index (χ1n) is 5.20. The first-order chi connectivity index (χ1) is 8.13. The van der Waals surface area contributed by atoms with Gasteiger partial charge in [-0.05, 0) is 18.6 Å². The topological polar surface area (TPSA) is 71.5 Å². The summed E-state index contributed by atoms with van der Waals surface area (Å²) in [6, 6.07) is 3.06. The molecule has 1 heterocycles. The average molecular weight is 259 g/mol. The molecule has 0 saturated heterocycles. The number of hydrogen-bond acceptors (Lipinski definition) is 4. The molecule has 1 atom stereocenters. The van der Waals surface area contributed by atoms with E-state index in [0.717, 1.165) is 0 Å². The number of rotatable bonds is 6. The zero-order valence-corrected chi connectivity index (χ0v) is 10.3. The summed E-state index contributed by atoms with van der Waals surface area (Å²) in [5, 5.41) is 12.3. The van der Waals surface area contributed by atoms with Crippen molar-refractivity contribution >= 4 is 17.5 Å². The number of nitrogens with one attached hydrogen (secondary N) is 1. The highest BCUT2D eigenvalue weighted by atomic mass is 35.5. The van der Waals surface area contributed by atoms with Crippen molar-refractivity contribution in [2.75, 3.05) is 20.3 Å². The summed E-state index contributed by atoms with van der Waals surface area (Å²) < 4.78 is 4.77. The molecule has 0 fully saturated rings. The van der Waals surface area contributed by atoms with Gasteiger partial charge in [0.25, 0.3) is 5.91 Å². The summed E-state index contributed by atoms with van der Waals surface area (Å²) in [5.41, 5.74) is 0.450. The molecule has 1 aromatic heterocycles. The number of carbonyl (C=O) groups excluding carboxylic acids is 1. The molecule has 0 bridgehead atoms. The minimum atomic E-state index is -0.568. The van der Waals surface area contributed by atoms with Crippen LogP contribution in [0.2, 0.25) is 5.15 Å². The molecule has 0 spiro atoms. The zero-order chi connectivity index (χ0) is 12.7. The van der Waals surface area contributed by atoms with Crippen LogP contribution in [0.3, 0.4) is 0 Å². The van der Waals surface area contributed by atoms with Gasteiger partial charge in [0, 0.05) is 25.4 Å². The van der Waals surface area contributed by atoms with Gasteiger partial charge in [0.1, 0.15) is 5.15 Å². The molecule has 0 saturated carbocycles. The van der Waals surface area contributed by atoms with Crippen LogP contribution in [0.4, 0.5) is 0 Å². The van der Waals surface area contributed by atoms with Crippen LogP contribution in [0, 0.1) is 0 Å². The predicted molar refractivity (Wildman–Crippen MR) is 64.1 cm³/mol. The van der Waals surface area contributed by atoms with E-state index in [9.17, 15) is 9.90 Å². The number of halogens is 1. The van der Waals surface area contributed by atoms with Crippen LogP contribution in [0.25, 0.3) is 0 Å². The lowest BCUT2D eigenvalue weighted by atomic mass is 10.2. The molecule has 0 aromatic carbocycles. The monoisotopic (exact) mass is 258 g/mol. The Hall–Kier alpha value is -1.17. The van der Waals surface area contributed by atoms with Crippen molar-refractivity contribution < 1.29 is 14.6 Å². The van der Waals surface area contributed by atoms with E-state index in [1.54, 1.807) is 6.07 Å². The van der Waals surface area contributed by atoms with Crippen LogP contribution in [-0.2, 0) is 4.74 Å². The van der Waals surface area contributed by atoms with Crippen LogP contribution in [0.1, 0.15) is 16.8 Å². The normalized spacial score (nSPS) is 12.2. The lowest BCUT2D eigenvalue weighted by Crippen LogP contribution is -2.28. The molecule has 1 unspecified atom stereocenters. The summed E-state index contributed by atoms with van der Waals surface area (Å²) in [5.74, 6) is -0.237. The lowest BCUT2D eigenvalue weighted by molar-refractivity contribution is 0.0587. The van der Waals surface area contributed by atoms with Crippen LogP contribution in [0.15, 0.2) is 18.3 Å². The van der Waals surface area contributed by atoms with Gasteiger partial charge < -0.3 is 15.2 Å². The number of aromatic nitrogens is 1. The van der Waals surface area contributed by atoms with Gasteiger partial charge in [0.2, 0.25) is 0 Å². The number of ether oxygens (including phenoxy) is 1. The van der Waals surface area contributed by atoms with Crippen molar-refractivity contribution in [2.45, 2.75) is 12.5 Å². The van der Waals surface area contributed by atoms with E-state index in [4.69, 9.17) is 16.3 Å². The van der Waals surface area contributed by atoms with E-state index >= 15 is 0 Å². The van der Waals surface area contributed by atoms with Gasteiger partial charge in [-0.15, -0.1) is 0 Å². The Labute approximate surface area is 105 Å². The highest BCUT2D eigenvalue weighted by Crippen LogP contribution is 2.06. The zero-order valence-electron chi connectivity index (χ0n) is 9.52. The lowest BCUT2D eigenvalue weighted by Gasteiger charge is -2.10. The summed E-state index contributed by atoms with van der Waals surface area (Å²) in [6.07, 6.45) is 1.34. The average Bonchev–Trinajstić information content (AvgIpc) is 2.29. The molecule has 1 aromatic rings. The van der Waals surface area contributed by atoms with E-state index in [-0.39, 0.29) is 17.7 Å².